The summed E-state index contributed by atoms with van der Waals surface area (Å²) in [6, 6.07) is 21.4. The molecule has 0 radical (unpaired) electrons. The maximum atomic E-state index is 12.1. The third kappa shape index (κ3) is 9.60. The highest BCUT2D eigenvalue weighted by Crippen LogP contribution is 2.37. The van der Waals surface area contributed by atoms with Gasteiger partial charge in [-0.3, -0.25) is 14.7 Å². The molecule has 7 rings (SSSR count). The Morgan fingerprint density at radius 2 is 1.80 bits per heavy atom. The molecule has 0 saturated carbocycles. The average Bonchev–Trinajstić information content (AvgIpc) is 3.19. The first-order valence-electron chi connectivity index (χ1n) is 19.4. The van der Waals surface area contributed by atoms with Crippen molar-refractivity contribution in [2.45, 2.75) is 71.2 Å². The first kappa shape index (κ1) is 38.6. The summed E-state index contributed by atoms with van der Waals surface area (Å²) in [6.07, 6.45) is 9.18. The number of piperidine rings is 2. The minimum absolute atomic E-state index is 0.167. The van der Waals surface area contributed by atoms with E-state index in [4.69, 9.17) is 25.8 Å². The first-order valence-corrected chi connectivity index (χ1v) is 19.8. The molecule has 3 aliphatic heterocycles. The third-order valence-corrected chi connectivity index (χ3v) is 11.8. The van der Waals surface area contributed by atoms with Gasteiger partial charge in [0.1, 0.15) is 42.6 Å². The van der Waals surface area contributed by atoms with Gasteiger partial charge < -0.3 is 29.5 Å². The number of ether oxygens (including phenoxy) is 3. The Labute approximate surface area is 329 Å². The van der Waals surface area contributed by atoms with E-state index in [1.54, 1.807) is 18.3 Å². The number of nitrogens with zero attached hydrogens (tertiary/aromatic N) is 4. The Morgan fingerprint density at radius 1 is 0.982 bits per heavy atom. The van der Waals surface area contributed by atoms with Gasteiger partial charge in [0.05, 0.1) is 17.2 Å². The van der Waals surface area contributed by atoms with Crippen molar-refractivity contribution in [2.24, 2.45) is 5.41 Å². The number of carboxylic acids is 1. The zero-order valence-corrected chi connectivity index (χ0v) is 32.3. The summed E-state index contributed by atoms with van der Waals surface area (Å²) in [7, 11) is 0. The standard InChI is InChI=1S/C44H50ClN5O5/c1-31-35(8-5-10-38(31)34-7-4-9-37(20-34)53-18-6-14-49-16-12-44(13-17-49)29-48-30-44)28-55-42-22-41(54-27-33-19-32(23-46)24-47-25-33)36(21-39(42)45)26-50-15-3-2-11-40(50)43(51)52/h4-5,7-10,19-22,24-25,40,48H,2-3,6,11-18,26-30H2,1H3,(H,51,52)/t40-/m0/s1. The minimum atomic E-state index is -0.826. The van der Waals surface area contributed by atoms with Crippen LogP contribution in [0.5, 0.6) is 17.2 Å². The summed E-state index contributed by atoms with van der Waals surface area (Å²) in [5, 5.41) is 23.1. The minimum Gasteiger partial charge on any atom is -0.494 e. The van der Waals surface area contributed by atoms with Crippen LogP contribution in [0.25, 0.3) is 11.1 Å². The molecule has 0 aliphatic carbocycles. The van der Waals surface area contributed by atoms with Gasteiger partial charge in [-0.15, -0.1) is 0 Å². The van der Waals surface area contributed by atoms with Gasteiger partial charge in [-0.2, -0.15) is 5.26 Å². The quantitative estimate of drug-likeness (QED) is 0.117. The lowest BCUT2D eigenvalue weighted by Gasteiger charge is -2.48. The zero-order chi connectivity index (χ0) is 38.2. The molecule has 4 heterocycles. The summed E-state index contributed by atoms with van der Waals surface area (Å²) in [5.41, 5.74) is 6.82. The Morgan fingerprint density at radius 3 is 2.58 bits per heavy atom. The van der Waals surface area contributed by atoms with Crippen LogP contribution >= 0.6 is 11.6 Å². The van der Waals surface area contributed by atoms with E-state index >= 15 is 0 Å². The monoisotopic (exact) mass is 763 g/mol. The van der Waals surface area contributed by atoms with Gasteiger partial charge >= 0.3 is 5.97 Å². The molecular formula is C44H50ClN5O5. The lowest BCUT2D eigenvalue weighted by Crippen LogP contribution is -2.58. The second kappa shape index (κ2) is 17.9. The number of likely N-dealkylation sites (tertiary alicyclic amines) is 2. The number of nitriles is 1. The van der Waals surface area contributed by atoms with Gasteiger partial charge in [-0.05, 0) is 111 Å². The van der Waals surface area contributed by atoms with Crippen LogP contribution in [0, 0.1) is 23.7 Å². The van der Waals surface area contributed by atoms with Crippen molar-refractivity contribution in [1.29, 1.82) is 5.26 Å². The number of halogens is 1. The summed E-state index contributed by atoms with van der Waals surface area (Å²) in [6.45, 7) is 10.1. The highest BCUT2D eigenvalue weighted by atomic mass is 35.5. The fourth-order valence-electron chi connectivity index (χ4n) is 8.03. The van der Waals surface area contributed by atoms with E-state index in [0.717, 1.165) is 64.9 Å². The molecule has 0 amide bonds. The molecule has 3 aliphatic rings. The zero-order valence-electron chi connectivity index (χ0n) is 31.6. The van der Waals surface area contributed by atoms with E-state index in [2.05, 4.69) is 52.5 Å². The maximum absolute atomic E-state index is 12.1. The molecule has 10 nitrogen and oxygen atoms in total. The van der Waals surface area contributed by atoms with Gasteiger partial charge in [0, 0.05) is 55.8 Å². The molecule has 1 spiro atoms. The summed E-state index contributed by atoms with van der Waals surface area (Å²) >= 11 is 6.86. The fourth-order valence-corrected chi connectivity index (χ4v) is 8.28. The Bertz CT molecular complexity index is 2000. The lowest BCUT2D eigenvalue weighted by molar-refractivity contribution is -0.144. The summed E-state index contributed by atoms with van der Waals surface area (Å²) in [4.78, 5) is 20.8. The van der Waals surface area contributed by atoms with Crippen molar-refractivity contribution in [3.8, 4) is 34.4 Å². The van der Waals surface area contributed by atoms with E-state index in [1.165, 1.54) is 45.2 Å². The van der Waals surface area contributed by atoms with Crippen LogP contribution in [0.4, 0.5) is 0 Å². The normalized spacial score (nSPS) is 18.3. The number of carboxylic acid groups (broad SMARTS) is 1. The molecule has 288 valence electrons. The Kier molecular flexibility index (Phi) is 12.5. The van der Waals surface area contributed by atoms with Crippen molar-refractivity contribution < 1.29 is 24.1 Å². The average molecular weight is 764 g/mol. The van der Waals surface area contributed by atoms with Crippen molar-refractivity contribution >= 4 is 17.6 Å². The number of aromatic nitrogens is 1. The fraction of sp³-hybridized carbons (Fsp3) is 0.432. The number of hydrogen-bond donors (Lipinski definition) is 2. The highest BCUT2D eigenvalue weighted by molar-refractivity contribution is 6.32. The topological polar surface area (TPSA) is 120 Å². The second-order valence-electron chi connectivity index (χ2n) is 15.2. The summed E-state index contributed by atoms with van der Waals surface area (Å²) < 4.78 is 18.9. The maximum Gasteiger partial charge on any atom is 0.320 e. The molecule has 0 bridgehead atoms. The number of nitrogens with one attached hydrogen (secondary N) is 1. The van der Waals surface area contributed by atoms with E-state index in [-0.39, 0.29) is 13.2 Å². The molecule has 3 saturated heterocycles. The van der Waals surface area contributed by atoms with Gasteiger partial charge in [-0.25, -0.2) is 0 Å². The Balaban J connectivity index is 1.01. The smallest absolute Gasteiger partial charge is 0.320 e. The predicted octanol–water partition coefficient (Wildman–Crippen LogP) is 7.63. The highest BCUT2D eigenvalue weighted by Gasteiger charge is 2.39. The SMILES string of the molecule is Cc1c(COc2cc(OCc3cncc(C#N)c3)c(CN3CCCC[C@H]3C(=O)O)cc2Cl)cccc1-c1cccc(OCCCN2CCC3(CC2)CNC3)c1. The van der Waals surface area contributed by atoms with Crippen LogP contribution in [-0.2, 0) is 24.6 Å². The molecular weight excluding hydrogens is 714 g/mol. The third-order valence-electron chi connectivity index (χ3n) is 11.5. The second-order valence-corrected chi connectivity index (χ2v) is 15.7. The van der Waals surface area contributed by atoms with E-state index in [9.17, 15) is 15.2 Å². The van der Waals surface area contributed by atoms with Gasteiger partial charge in [0.15, 0.2) is 0 Å². The molecule has 55 heavy (non-hydrogen) atoms. The van der Waals surface area contributed by atoms with Crippen LogP contribution < -0.4 is 19.5 Å². The van der Waals surface area contributed by atoms with Crippen LogP contribution in [0.2, 0.25) is 5.02 Å². The number of rotatable bonds is 15. The van der Waals surface area contributed by atoms with Gasteiger partial charge in [0.2, 0.25) is 0 Å². The Hall–Kier alpha value is -4.66. The molecule has 0 unspecified atom stereocenters. The number of benzene rings is 3. The van der Waals surface area contributed by atoms with Crippen LogP contribution in [0.1, 0.15) is 66.3 Å². The van der Waals surface area contributed by atoms with Crippen LogP contribution in [0.15, 0.2) is 73.1 Å². The largest absolute Gasteiger partial charge is 0.494 e. The number of aliphatic carboxylic acids is 1. The summed E-state index contributed by atoms with van der Waals surface area (Å²) in [5.74, 6) is 1.04. The van der Waals surface area contributed by atoms with Crippen molar-refractivity contribution in [2.75, 3.05) is 45.9 Å². The molecule has 3 fully saturated rings. The van der Waals surface area contributed by atoms with Crippen LogP contribution in [-0.4, -0.2) is 77.8 Å². The van der Waals surface area contributed by atoms with E-state index < -0.39 is 12.0 Å². The molecule has 3 aromatic carbocycles. The molecule has 2 N–H and O–H groups in total. The number of hydrogen-bond acceptors (Lipinski definition) is 9. The van der Waals surface area contributed by atoms with Gasteiger partial charge in [0.25, 0.3) is 0 Å². The first-order chi connectivity index (χ1) is 26.8. The van der Waals surface area contributed by atoms with E-state index in [1.807, 2.05) is 29.2 Å². The van der Waals surface area contributed by atoms with Gasteiger partial charge in [-0.1, -0.05) is 48.4 Å². The molecule has 1 atom stereocenters. The van der Waals surface area contributed by atoms with Crippen molar-refractivity contribution in [3.05, 3.63) is 106 Å². The van der Waals surface area contributed by atoms with Crippen LogP contribution in [0.3, 0.4) is 0 Å². The number of pyridine rings is 1. The molecule has 1 aromatic heterocycles. The van der Waals surface area contributed by atoms with E-state index in [0.29, 0.717) is 53.6 Å². The predicted molar refractivity (Wildman–Crippen MR) is 212 cm³/mol. The van der Waals surface area contributed by atoms with Crippen molar-refractivity contribution in [3.63, 3.8) is 0 Å². The van der Waals surface area contributed by atoms with Crippen molar-refractivity contribution in [1.82, 2.24) is 20.1 Å². The lowest BCUT2D eigenvalue weighted by atomic mass is 9.73. The number of carbonyl (C=O) groups is 1. The molecule has 11 heteroatoms. The molecule has 4 aromatic rings.